The van der Waals surface area contributed by atoms with Crippen molar-refractivity contribution in [2.75, 3.05) is 18.6 Å². The molecule has 8 amide bonds. The Morgan fingerprint density at radius 3 is 1.80 bits per heavy atom. The number of ether oxygens (including phenoxy) is 2. The predicted molar refractivity (Wildman–Crippen MR) is 241 cm³/mol. The van der Waals surface area contributed by atoms with Crippen LogP contribution in [-0.2, 0) is 54.3 Å². The Bertz CT molecular complexity index is 1800. The van der Waals surface area contributed by atoms with E-state index in [2.05, 4.69) is 31.9 Å². The van der Waals surface area contributed by atoms with Crippen LogP contribution in [0, 0.1) is 5.92 Å². The van der Waals surface area contributed by atoms with Gasteiger partial charge in [0.1, 0.15) is 53.5 Å². The molecule has 1 aromatic rings. The molecule has 0 saturated carbocycles. The molecule has 8 atom stereocenters. The summed E-state index contributed by atoms with van der Waals surface area (Å²) in [6, 6.07) is 0.502. The minimum Gasteiger partial charge on any atom is -0.458 e. The number of alkyl carbamates (subject to hydrolysis) is 1. The topological polar surface area (TPSA) is 274 Å². The number of rotatable bonds is 22. The van der Waals surface area contributed by atoms with Crippen LogP contribution in [0.3, 0.4) is 0 Å². The van der Waals surface area contributed by atoms with Gasteiger partial charge in [-0.3, -0.25) is 33.6 Å². The molecule has 1 fully saturated rings. The number of carbonyl (C=O) groups excluding carboxylic acids is 9. The lowest BCUT2D eigenvalue weighted by Crippen LogP contribution is -2.60. The highest BCUT2D eigenvalue weighted by Gasteiger charge is 2.41. The summed E-state index contributed by atoms with van der Waals surface area (Å²) in [5.74, 6) is -5.74. The van der Waals surface area contributed by atoms with Crippen molar-refractivity contribution in [2.45, 2.75) is 161 Å². The van der Waals surface area contributed by atoms with Crippen molar-refractivity contribution >= 4 is 65.2 Å². The number of nitrogens with one attached hydrogen (secondary N) is 6. The van der Waals surface area contributed by atoms with E-state index in [4.69, 9.17) is 15.2 Å². The van der Waals surface area contributed by atoms with Crippen molar-refractivity contribution in [2.24, 2.45) is 11.7 Å². The van der Waals surface area contributed by atoms with Gasteiger partial charge in [-0.1, -0.05) is 50.6 Å². The first-order chi connectivity index (χ1) is 29.8. The molecule has 0 radical (unpaired) electrons. The fourth-order valence-electron chi connectivity index (χ4n) is 6.54. The highest BCUT2D eigenvalue weighted by Crippen LogP contribution is 2.24. The van der Waals surface area contributed by atoms with Crippen LogP contribution >= 0.6 is 11.8 Å². The summed E-state index contributed by atoms with van der Waals surface area (Å²) >= 11 is 1.40. The van der Waals surface area contributed by atoms with Crippen LogP contribution in [0.4, 0.5) is 4.79 Å². The van der Waals surface area contributed by atoms with E-state index in [-0.39, 0.29) is 18.8 Å². The molecule has 1 saturated heterocycles. The summed E-state index contributed by atoms with van der Waals surface area (Å²) in [4.78, 5) is 121. The second kappa shape index (κ2) is 25.2. The lowest BCUT2D eigenvalue weighted by molar-refractivity contribution is -0.163. The Morgan fingerprint density at radius 2 is 1.27 bits per heavy atom. The lowest BCUT2D eigenvalue weighted by Gasteiger charge is -2.33. The first-order valence-corrected chi connectivity index (χ1v) is 23.0. The number of carbonyl (C=O) groups is 9. The van der Waals surface area contributed by atoms with Gasteiger partial charge in [0.15, 0.2) is 0 Å². The molecule has 358 valence electrons. The highest BCUT2D eigenvalue weighted by atomic mass is 32.2. The summed E-state index contributed by atoms with van der Waals surface area (Å²) < 4.78 is 10.9. The van der Waals surface area contributed by atoms with Crippen LogP contribution in [0.15, 0.2) is 30.3 Å². The molecule has 1 heterocycles. The molecule has 19 nitrogen and oxygen atoms in total. The van der Waals surface area contributed by atoms with Gasteiger partial charge in [-0.2, -0.15) is 11.8 Å². The standard InChI is InChI=1S/C44H70N8O11S/c1-12-25(2)34(40(59)52-21-16-19-32(52)41(60)62-43(5,6)7)51-36(55)27(4)46-37(56)29(20-22-64-11)48-35(54)26(3)47-38(57)31(24-33(45)53)49-39(58)30(23-28-17-14-13-15-18-28)50-42(61)63-44(8,9)10/h13-15,17-18,25-27,29-32,34H,12,16,19-24H2,1-11H3,(H2,45,53)(H,46,56)(H,47,57)(H,48,54)(H,49,58)(H,50,61)(H,51,55)/t25-,26-,27-,29-,30-,31+,32-,34-/m0/s1. The van der Waals surface area contributed by atoms with E-state index < -0.39 is 113 Å². The van der Waals surface area contributed by atoms with E-state index in [0.717, 1.165) is 0 Å². The van der Waals surface area contributed by atoms with Crippen LogP contribution in [0.5, 0.6) is 0 Å². The number of hydrogen-bond acceptors (Lipinski definition) is 12. The van der Waals surface area contributed by atoms with E-state index >= 15 is 0 Å². The minimum absolute atomic E-state index is 0.000846. The average Bonchev–Trinajstić information content (AvgIpc) is 3.69. The Balaban J connectivity index is 2.17. The van der Waals surface area contributed by atoms with Crippen LogP contribution in [0.1, 0.15) is 107 Å². The fourth-order valence-corrected chi connectivity index (χ4v) is 7.01. The van der Waals surface area contributed by atoms with Gasteiger partial charge in [-0.15, -0.1) is 0 Å². The highest BCUT2D eigenvalue weighted by molar-refractivity contribution is 7.98. The Morgan fingerprint density at radius 1 is 0.734 bits per heavy atom. The Kier molecular flexibility index (Phi) is 21.5. The maximum atomic E-state index is 13.9. The molecule has 0 unspecified atom stereocenters. The van der Waals surface area contributed by atoms with Gasteiger partial charge in [0.05, 0.1) is 6.42 Å². The zero-order valence-corrected chi connectivity index (χ0v) is 39.9. The summed E-state index contributed by atoms with van der Waals surface area (Å²) in [6.45, 7) is 16.9. The third kappa shape index (κ3) is 18.8. The van der Waals surface area contributed by atoms with Crippen molar-refractivity contribution in [3.63, 3.8) is 0 Å². The second-order valence-corrected chi connectivity index (χ2v) is 19.0. The number of nitrogens with two attached hydrogens (primary N) is 1. The van der Waals surface area contributed by atoms with Crippen molar-refractivity contribution < 1.29 is 52.6 Å². The Hall–Kier alpha value is -5.40. The van der Waals surface area contributed by atoms with E-state index in [1.54, 1.807) is 85.1 Å². The van der Waals surface area contributed by atoms with Gasteiger partial charge in [-0.05, 0) is 98.1 Å². The molecule has 0 spiro atoms. The third-order valence-electron chi connectivity index (χ3n) is 10.1. The fraction of sp³-hybridized carbons (Fsp3) is 0.659. The molecule has 1 aromatic carbocycles. The van der Waals surface area contributed by atoms with E-state index in [1.807, 2.05) is 6.92 Å². The van der Waals surface area contributed by atoms with Crippen LogP contribution in [0.2, 0.25) is 0 Å². The van der Waals surface area contributed by atoms with Gasteiger partial charge < -0.3 is 52.0 Å². The number of esters is 1. The van der Waals surface area contributed by atoms with Gasteiger partial charge in [-0.25, -0.2) is 9.59 Å². The minimum atomic E-state index is -1.56. The Labute approximate surface area is 380 Å². The molecule has 1 aliphatic rings. The molecular formula is C44H70N8O11S. The van der Waals surface area contributed by atoms with Gasteiger partial charge in [0, 0.05) is 13.0 Å². The van der Waals surface area contributed by atoms with E-state index in [0.29, 0.717) is 37.1 Å². The number of hydrogen-bond donors (Lipinski definition) is 7. The van der Waals surface area contributed by atoms with Crippen LogP contribution in [0.25, 0.3) is 0 Å². The zero-order chi connectivity index (χ0) is 48.5. The van der Waals surface area contributed by atoms with Crippen molar-refractivity contribution in [3.05, 3.63) is 35.9 Å². The largest absolute Gasteiger partial charge is 0.458 e. The maximum absolute atomic E-state index is 13.9. The van der Waals surface area contributed by atoms with Crippen molar-refractivity contribution in [3.8, 4) is 0 Å². The van der Waals surface area contributed by atoms with Gasteiger partial charge >= 0.3 is 12.1 Å². The second-order valence-electron chi connectivity index (χ2n) is 18.0. The molecule has 2 rings (SSSR count). The van der Waals surface area contributed by atoms with E-state index in [9.17, 15) is 43.2 Å². The number of nitrogens with zero attached hydrogens (tertiary/aromatic N) is 1. The zero-order valence-electron chi connectivity index (χ0n) is 39.1. The first kappa shape index (κ1) is 54.7. The smallest absolute Gasteiger partial charge is 0.408 e. The number of likely N-dealkylation sites (tertiary alicyclic amines) is 1. The number of amides is 8. The molecule has 8 N–H and O–H groups in total. The summed E-state index contributed by atoms with van der Waals surface area (Å²) in [5, 5.41) is 15.4. The molecular weight excluding hydrogens is 849 g/mol. The summed E-state index contributed by atoms with van der Waals surface area (Å²) in [7, 11) is 0. The SMILES string of the molecule is CC[C@H](C)[C@H](NC(=O)[C@H](C)NC(=O)[C@H](CCSC)NC(=O)[C@H](C)NC(=O)[C@@H](CC(N)=O)NC(=O)[C@H](Cc1ccccc1)NC(=O)OC(C)(C)C)C(=O)N1CCC[C@H]1C(=O)OC(C)(C)C. The number of benzene rings is 1. The quantitative estimate of drug-likeness (QED) is 0.0818. The van der Waals surface area contributed by atoms with Gasteiger partial charge in [0.25, 0.3) is 0 Å². The average molecular weight is 919 g/mol. The summed E-state index contributed by atoms with van der Waals surface area (Å²) in [5.41, 5.74) is 4.47. The molecule has 0 aliphatic carbocycles. The molecule has 20 heteroatoms. The monoisotopic (exact) mass is 918 g/mol. The maximum Gasteiger partial charge on any atom is 0.408 e. The summed E-state index contributed by atoms with van der Waals surface area (Å²) in [6.07, 6.45) is 1.93. The normalized spacial score (nSPS) is 17.2. The lowest BCUT2D eigenvalue weighted by atomic mass is 9.97. The van der Waals surface area contributed by atoms with E-state index in [1.165, 1.54) is 30.5 Å². The third-order valence-corrected chi connectivity index (χ3v) is 10.7. The van der Waals surface area contributed by atoms with Crippen LogP contribution < -0.4 is 37.6 Å². The molecule has 0 bridgehead atoms. The van der Waals surface area contributed by atoms with Crippen LogP contribution in [-0.4, -0.2) is 130 Å². The van der Waals surface area contributed by atoms with Crippen molar-refractivity contribution in [1.29, 1.82) is 0 Å². The molecule has 64 heavy (non-hydrogen) atoms. The molecule has 1 aliphatic heterocycles. The first-order valence-electron chi connectivity index (χ1n) is 21.6. The predicted octanol–water partition coefficient (Wildman–Crippen LogP) is 1.59. The number of thioether (sulfide) groups is 1. The molecule has 0 aromatic heterocycles. The number of primary amides is 1. The van der Waals surface area contributed by atoms with Crippen molar-refractivity contribution in [1.82, 2.24) is 36.8 Å². The van der Waals surface area contributed by atoms with Gasteiger partial charge in [0.2, 0.25) is 41.4 Å².